The van der Waals surface area contributed by atoms with Crippen molar-refractivity contribution in [3.05, 3.63) is 53.2 Å². The van der Waals surface area contributed by atoms with Crippen molar-refractivity contribution in [1.82, 2.24) is 14.6 Å². The predicted octanol–water partition coefficient (Wildman–Crippen LogP) is 3.75. The van der Waals surface area contributed by atoms with Crippen LogP contribution in [-0.4, -0.2) is 14.6 Å². The molecule has 0 N–H and O–H groups in total. The fourth-order valence-corrected chi connectivity index (χ4v) is 2.44. The lowest BCUT2D eigenvalue weighted by atomic mass is 10.0. The summed E-state index contributed by atoms with van der Waals surface area (Å²) in [5, 5.41) is 4.56. The molecule has 0 amide bonds. The molecule has 0 unspecified atom stereocenters. The first kappa shape index (κ1) is 12.2. The number of hydrogen-bond donors (Lipinski definition) is 0. The van der Waals surface area contributed by atoms with Crippen LogP contribution in [0.1, 0.15) is 16.7 Å². The summed E-state index contributed by atoms with van der Waals surface area (Å²) in [5.41, 5.74) is 5.36. The summed E-state index contributed by atoms with van der Waals surface area (Å²) in [5.74, 6) is 1.25. The Kier molecular flexibility index (Phi) is 2.99. The molecule has 0 saturated heterocycles. The fraction of sp³-hybridized carbons (Fsp3) is 0.200. The van der Waals surface area contributed by atoms with E-state index < -0.39 is 0 Å². The highest BCUT2D eigenvalue weighted by molar-refractivity contribution is 6.17. The van der Waals surface area contributed by atoms with Crippen LogP contribution in [0.15, 0.2) is 36.5 Å². The van der Waals surface area contributed by atoms with Gasteiger partial charge in [0.25, 0.3) is 0 Å². The zero-order valence-electron chi connectivity index (χ0n) is 10.9. The number of hydrogen-bond acceptors (Lipinski definition) is 2. The summed E-state index contributed by atoms with van der Waals surface area (Å²) >= 11 is 5.84. The lowest BCUT2D eigenvalue weighted by molar-refractivity contribution is 0.952. The van der Waals surface area contributed by atoms with Crippen molar-refractivity contribution >= 4 is 17.2 Å². The molecule has 3 aromatic rings. The van der Waals surface area contributed by atoms with E-state index in [4.69, 9.17) is 11.6 Å². The Morgan fingerprint density at radius 2 is 1.84 bits per heavy atom. The van der Waals surface area contributed by atoms with Crippen LogP contribution in [-0.2, 0) is 5.88 Å². The van der Waals surface area contributed by atoms with Gasteiger partial charge in [-0.05, 0) is 36.6 Å². The number of aryl methyl sites for hydroxylation is 2. The Labute approximate surface area is 116 Å². The smallest absolute Gasteiger partial charge is 0.182 e. The molecule has 0 spiro atoms. The molecule has 2 aromatic heterocycles. The highest BCUT2D eigenvalue weighted by Crippen LogP contribution is 2.24. The summed E-state index contributed by atoms with van der Waals surface area (Å²) in [7, 11) is 0. The summed E-state index contributed by atoms with van der Waals surface area (Å²) < 4.78 is 1.79. The van der Waals surface area contributed by atoms with Crippen molar-refractivity contribution in [2.75, 3.05) is 0 Å². The maximum atomic E-state index is 5.84. The van der Waals surface area contributed by atoms with Crippen LogP contribution in [0.5, 0.6) is 0 Å². The van der Waals surface area contributed by atoms with E-state index in [2.05, 4.69) is 42.1 Å². The van der Waals surface area contributed by atoms with Gasteiger partial charge in [-0.2, -0.15) is 0 Å². The number of pyridine rings is 1. The second kappa shape index (κ2) is 4.67. The van der Waals surface area contributed by atoms with Crippen LogP contribution < -0.4 is 0 Å². The van der Waals surface area contributed by atoms with Gasteiger partial charge in [-0.15, -0.1) is 16.7 Å². The third kappa shape index (κ3) is 2.10. The van der Waals surface area contributed by atoms with Crippen LogP contribution in [0.3, 0.4) is 0 Å². The molecule has 0 bridgehead atoms. The van der Waals surface area contributed by atoms with Gasteiger partial charge >= 0.3 is 0 Å². The molecule has 0 aliphatic heterocycles. The zero-order chi connectivity index (χ0) is 13.4. The lowest BCUT2D eigenvalue weighted by Gasteiger charge is -2.04. The monoisotopic (exact) mass is 271 g/mol. The Morgan fingerprint density at radius 3 is 2.53 bits per heavy atom. The van der Waals surface area contributed by atoms with Crippen LogP contribution in [0.2, 0.25) is 0 Å². The van der Waals surface area contributed by atoms with E-state index in [1.807, 2.05) is 18.3 Å². The van der Waals surface area contributed by atoms with E-state index in [0.29, 0.717) is 5.88 Å². The number of rotatable bonds is 2. The van der Waals surface area contributed by atoms with Gasteiger partial charge in [-0.25, -0.2) is 9.50 Å². The van der Waals surface area contributed by atoms with Gasteiger partial charge in [-0.3, -0.25) is 0 Å². The minimum atomic E-state index is 0.481. The van der Waals surface area contributed by atoms with Crippen molar-refractivity contribution in [3.8, 4) is 11.4 Å². The second-order valence-electron chi connectivity index (χ2n) is 4.68. The molecule has 2 heterocycles. The van der Waals surface area contributed by atoms with Crippen LogP contribution in [0, 0.1) is 13.8 Å². The Balaban J connectivity index is 2.21. The van der Waals surface area contributed by atoms with E-state index in [0.717, 1.165) is 22.6 Å². The van der Waals surface area contributed by atoms with Gasteiger partial charge in [0.1, 0.15) is 0 Å². The predicted molar refractivity (Wildman–Crippen MR) is 77.5 cm³/mol. The standard InChI is InChI=1S/C15H14ClN3/c1-10-4-3-5-11(2)14(10)15-17-13-7-6-12(8-16)9-19(13)18-15/h3-7,9H,8H2,1-2H3. The number of alkyl halides is 1. The highest BCUT2D eigenvalue weighted by atomic mass is 35.5. The SMILES string of the molecule is Cc1cccc(C)c1-c1nc2ccc(CCl)cn2n1. The number of fused-ring (bicyclic) bond motifs is 1. The summed E-state index contributed by atoms with van der Waals surface area (Å²) in [6, 6.07) is 10.1. The first-order chi connectivity index (χ1) is 9.19. The van der Waals surface area contributed by atoms with E-state index in [1.165, 1.54) is 11.1 Å². The summed E-state index contributed by atoms with van der Waals surface area (Å²) in [6.07, 6.45) is 1.92. The Bertz CT molecular complexity index is 726. The number of nitrogens with zero attached hydrogens (tertiary/aromatic N) is 3. The molecule has 0 fully saturated rings. The van der Waals surface area contributed by atoms with Gasteiger partial charge < -0.3 is 0 Å². The topological polar surface area (TPSA) is 30.2 Å². The molecule has 1 aromatic carbocycles. The van der Waals surface area contributed by atoms with Crippen molar-refractivity contribution < 1.29 is 0 Å². The van der Waals surface area contributed by atoms with Crippen molar-refractivity contribution in [2.45, 2.75) is 19.7 Å². The molecule has 0 radical (unpaired) electrons. The summed E-state index contributed by atoms with van der Waals surface area (Å²) in [4.78, 5) is 4.59. The molecular formula is C15H14ClN3. The first-order valence-electron chi connectivity index (χ1n) is 6.17. The third-order valence-corrected chi connectivity index (χ3v) is 3.56. The van der Waals surface area contributed by atoms with Crippen LogP contribution in [0.4, 0.5) is 0 Å². The molecule has 3 rings (SSSR count). The minimum absolute atomic E-state index is 0.481. The van der Waals surface area contributed by atoms with Crippen LogP contribution in [0.25, 0.3) is 17.0 Å². The quantitative estimate of drug-likeness (QED) is 0.665. The average molecular weight is 272 g/mol. The maximum Gasteiger partial charge on any atom is 0.182 e. The third-order valence-electron chi connectivity index (χ3n) is 3.25. The highest BCUT2D eigenvalue weighted by Gasteiger charge is 2.11. The molecule has 0 saturated carbocycles. The second-order valence-corrected chi connectivity index (χ2v) is 4.94. The molecular weight excluding hydrogens is 258 g/mol. The molecule has 4 heteroatoms. The minimum Gasteiger partial charge on any atom is -0.220 e. The van der Waals surface area contributed by atoms with E-state index in [1.54, 1.807) is 4.52 Å². The Morgan fingerprint density at radius 1 is 1.11 bits per heavy atom. The van der Waals surface area contributed by atoms with Gasteiger partial charge in [0.15, 0.2) is 11.5 Å². The van der Waals surface area contributed by atoms with Gasteiger partial charge in [0.2, 0.25) is 0 Å². The normalized spacial score (nSPS) is 11.1. The average Bonchev–Trinajstić information content (AvgIpc) is 2.80. The van der Waals surface area contributed by atoms with Gasteiger partial charge in [-0.1, -0.05) is 24.3 Å². The zero-order valence-corrected chi connectivity index (χ0v) is 11.6. The van der Waals surface area contributed by atoms with E-state index in [-0.39, 0.29) is 0 Å². The molecule has 3 nitrogen and oxygen atoms in total. The molecule has 0 aliphatic rings. The number of halogens is 1. The largest absolute Gasteiger partial charge is 0.220 e. The van der Waals surface area contributed by atoms with E-state index >= 15 is 0 Å². The summed E-state index contributed by atoms with van der Waals surface area (Å²) in [6.45, 7) is 4.16. The first-order valence-corrected chi connectivity index (χ1v) is 6.70. The molecule has 19 heavy (non-hydrogen) atoms. The van der Waals surface area contributed by atoms with Gasteiger partial charge in [0.05, 0.1) is 0 Å². The maximum absolute atomic E-state index is 5.84. The van der Waals surface area contributed by atoms with Crippen molar-refractivity contribution in [1.29, 1.82) is 0 Å². The molecule has 0 atom stereocenters. The van der Waals surface area contributed by atoms with Gasteiger partial charge in [0, 0.05) is 17.6 Å². The van der Waals surface area contributed by atoms with Crippen molar-refractivity contribution in [2.24, 2.45) is 0 Å². The fourth-order valence-electron chi connectivity index (χ4n) is 2.28. The molecule has 96 valence electrons. The lowest BCUT2D eigenvalue weighted by Crippen LogP contribution is -1.91. The number of aromatic nitrogens is 3. The van der Waals surface area contributed by atoms with E-state index in [9.17, 15) is 0 Å². The van der Waals surface area contributed by atoms with Crippen LogP contribution >= 0.6 is 11.6 Å². The molecule has 0 aliphatic carbocycles. The van der Waals surface area contributed by atoms with Crippen molar-refractivity contribution in [3.63, 3.8) is 0 Å². The number of benzene rings is 1. The Hall–Kier alpha value is -1.87.